The van der Waals surface area contributed by atoms with Crippen molar-refractivity contribution in [1.82, 2.24) is 5.32 Å². The van der Waals surface area contributed by atoms with Gasteiger partial charge in [-0.2, -0.15) is 15.8 Å². The van der Waals surface area contributed by atoms with E-state index in [1.54, 1.807) is 0 Å². The molecule has 0 rings (SSSR count). The predicted molar refractivity (Wildman–Crippen MR) is 37.9 cm³/mol. The molecule has 12 heavy (non-hydrogen) atoms. The van der Waals surface area contributed by atoms with E-state index in [2.05, 4.69) is 5.32 Å². The van der Waals surface area contributed by atoms with E-state index in [0.29, 0.717) is 0 Å². The number of hydrogen-bond donors (Lipinski definition) is 1. The molecule has 0 aliphatic heterocycles. The number of hydrogen-bond acceptors (Lipinski definition) is 4. The molecule has 0 unspecified atom stereocenters. The summed E-state index contributed by atoms with van der Waals surface area (Å²) in [5.41, 5.74) is -0.931. The summed E-state index contributed by atoms with van der Waals surface area (Å²) in [6.07, 6.45) is 0. The average Bonchev–Trinajstić information content (AvgIpc) is 2.12. The number of nitrogens with one attached hydrogen (secondary N) is 1. The minimum atomic E-state index is -0.726. The molecule has 0 saturated carbocycles. The van der Waals surface area contributed by atoms with Crippen molar-refractivity contribution in [2.24, 2.45) is 0 Å². The van der Waals surface area contributed by atoms with Crippen molar-refractivity contribution in [3.63, 3.8) is 0 Å². The molecule has 5 heteroatoms. The second kappa shape index (κ2) is 4.49. The number of carbonyl (C=O) groups is 1. The molecule has 0 aromatic heterocycles. The Balaban J connectivity index is 5.22. The molecule has 0 aromatic rings. The molecule has 0 fully saturated rings. The molecule has 0 saturated heterocycles. The number of nitriles is 3. The molecule has 0 aliphatic rings. The Morgan fingerprint density at radius 2 is 1.67 bits per heavy atom. The number of likely N-dealkylation sites (N-methyl/N-ethyl adjacent to an activating group) is 1. The van der Waals surface area contributed by atoms with Gasteiger partial charge in [-0.25, -0.2) is 0 Å². The van der Waals surface area contributed by atoms with Gasteiger partial charge in [0, 0.05) is 7.05 Å². The van der Waals surface area contributed by atoms with Crippen LogP contribution in [0, 0.1) is 34.0 Å². The van der Waals surface area contributed by atoms with Crippen LogP contribution in [-0.2, 0) is 4.79 Å². The van der Waals surface area contributed by atoms with Gasteiger partial charge in [-0.3, -0.25) is 4.79 Å². The van der Waals surface area contributed by atoms with E-state index in [4.69, 9.17) is 15.8 Å². The van der Waals surface area contributed by atoms with E-state index in [9.17, 15) is 4.79 Å². The standard InChI is InChI=1S/C7H4N4O/c1-11-7(12)6(4-10)5(2-8)3-9/h1H3,(H,11,12). The van der Waals surface area contributed by atoms with E-state index in [-0.39, 0.29) is 0 Å². The van der Waals surface area contributed by atoms with Crippen molar-refractivity contribution in [3.8, 4) is 18.2 Å². The summed E-state index contributed by atoms with van der Waals surface area (Å²) in [4.78, 5) is 10.8. The molecule has 0 spiro atoms. The summed E-state index contributed by atoms with van der Waals surface area (Å²) in [5, 5.41) is 27.2. The topological polar surface area (TPSA) is 100 Å². The molecule has 0 bridgehead atoms. The van der Waals surface area contributed by atoms with Gasteiger partial charge < -0.3 is 5.32 Å². The Morgan fingerprint density at radius 1 is 1.17 bits per heavy atom. The zero-order valence-electron chi connectivity index (χ0n) is 6.25. The highest BCUT2D eigenvalue weighted by atomic mass is 16.1. The van der Waals surface area contributed by atoms with Crippen molar-refractivity contribution in [3.05, 3.63) is 11.1 Å². The molecular formula is C7H4N4O. The molecule has 0 aliphatic carbocycles. The molecule has 1 N–H and O–H groups in total. The molecular weight excluding hydrogens is 156 g/mol. The lowest BCUT2D eigenvalue weighted by Crippen LogP contribution is -2.20. The largest absolute Gasteiger partial charge is 0.354 e. The smallest absolute Gasteiger partial charge is 0.263 e. The summed E-state index contributed by atoms with van der Waals surface area (Å²) >= 11 is 0. The normalized spacial score (nSPS) is 6.83. The van der Waals surface area contributed by atoms with Gasteiger partial charge >= 0.3 is 0 Å². The Kier molecular flexibility index (Phi) is 3.62. The monoisotopic (exact) mass is 160 g/mol. The second-order valence-corrected chi connectivity index (χ2v) is 1.66. The summed E-state index contributed by atoms with van der Waals surface area (Å²) in [7, 11) is 1.31. The van der Waals surface area contributed by atoms with Gasteiger partial charge in [-0.15, -0.1) is 0 Å². The van der Waals surface area contributed by atoms with Gasteiger partial charge in [0.25, 0.3) is 5.91 Å². The van der Waals surface area contributed by atoms with Crippen LogP contribution in [0.4, 0.5) is 0 Å². The first-order chi connectivity index (χ1) is 5.71. The highest BCUT2D eigenvalue weighted by Gasteiger charge is 2.12. The molecule has 0 radical (unpaired) electrons. The van der Waals surface area contributed by atoms with Gasteiger partial charge in [0.1, 0.15) is 23.8 Å². The predicted octanol–water partition coefficient (Wildman–Crippen LogP) is -0.400. The third-order valence-electron chi connectivity index (χ3n) is 1.04. The first-order valence-electron chi connectivity index (χ1n) is 2.87. The maximum Gasteiger partial charge on any atom is 0.263 e. The molecule has 0 atom stereocenters. The maximum absolute atomic E-state index is 10.8. The Morgan fingerprint density at radius 3 is 1.92 bits per heavy atom. The molecule has 1 amide bonds. The fourth-order valence-electron chi connectivity index (χ4n) is 0.482. The van der Waals surface area contributed by atoms with Gasteiger partial charge in [0.05, 0.1) is 0 Å². The Hall–Kier alpha value is -2.32. The number of nitrogens with zero attached hydrogens (tertiary/aromatic N) is 3. The van der Waals surface area contributed by atoms with Crippen LogP contribution >= 0.6 is 0 Å². The third kappa shape index (κ3) is 1.83. The van der Waals surface area contributed by atoms with Crippen LogP contribution in [0.5, 0.6) is 0 Å². The van der Waals surface area contributed by atoms with Crippen molar-refractivity contribution >= 4 is 5.91 Å². The summed E-state index contributed by atoms with van der Waals surface area (Å²) < 4.78 is 0. The van der Waals surface area contributed by atoms with Crippen LogP contribution in [0.3, 0.4) is 0 Å². The van der Waals surface area contributed by atoms with E-state index in [1.165, 1.54) is 25.3 Å². The quantitative estimate of drug-likeness (QED) is 0.416. The van der Waals surface area contributed by atoms with Crippen LogP contribution in [-0.4, -0.2) is 13.0 Å². The summed E-state index contributed by atoms with van der Waals surface area (Å²) in [6, 6.07) is 4.38. The maximum atomic E-state index is 10.8. The van der Waals surface area contributed by atoms with Crippen molar-refractivity contribution in [1.29, 1.82) is 15.8 Å². The van der Waals surface area contributed by atoms with Gasteiger partial charge in [0.2, 0.25) is 0 Å². The van der Waals surface area contributed by atoms with Crippen LogP contribution < -0.4 is 5.32 Å². The van der Waals surface area contributed by atoms with Crippen LogP contribution in [0.25, 0.3) is 0 Å². The number of allylic oxidation sites excluding steroid dienone is 1. The number of rotatable bonds is 1. The highest BCUT2D eigenvalue weighted by molar-refractivity contribution is 5.99. The zero-order chi connectivity index (χ0) is 9.56. The van der Waals surface area contributed by atoms with Crippen molar-refractivity contribution < 1.29 is 4.79 Å². The summed E-state index contributed by atoms with van der Waals surface area (Å²) in [6.45, 7) is 0. The SMILES string of the molecule is CNC(=O)C(C#N)=C(C#N)C#N. The highest BCUT2D eigenvalue weighted by Crippen LogP contribution is 2.00. The average molecular weight is 160 g/mol. The first-order valence-corrected chi connectivity index (χ1v) is 2.87. The van der Waals surface area contributed by atoms with E-state index < -0.39 is 17.1 Å². The lowest BCUT2D eigenvalue weighted by molar-refractivity contribution is -0.116. The lowest BCUT2D eigenvalue weighted by atomic mass is 10.1. The minimum Gasteiger partial charge on any atom is -0.354 e. The van der Waals surface area contributed by atoms with Crippen LogP contribution in [0.1, 0.15) is 0 Å². The van der Waals surface area contributed by atoms with Crippen molar-refractivity contribution in [2.75, 3.05) is 7.05 Å². The molecule has 5 nitrogen and oxygen atoms in total. The minimum absolute atomic E-state index is 0.456. The van der Waals surface area contributed by atoms with Gasteiger partial charge in [-0.05, 0) is 0 Å². The third-order valence-corrected chi connectivity index (χ3v) is 1.04. The first kappa shape index (κ1) is 9.68. The Bertz CT molecular complexity index is 331. The summed E-state index contributed by atoms with van der Waals surface area (Å²) in [5.74, 6) is -0.726. The lowest BCUT2D eigenvalue weighted by Gasteiger charge is -1.93. The fraction of sp³-hybridized carbons (Fsp3) is 0.143. The Labute approximate surface area is 69.1 Å². The van der Waals surface area contributed by atoms with E-state index in [1.807, 2.05) is 0 Å². The molecule has 0 aromatic carbocycles. The van der Waals surface area contributed by atoms with Crippen molar-refractivity contribution in [2.45, 2.75) is 0 Å². The molecule has 58 valence electrons. The fourth-order valence-corrected chi connectivity index (χ4v) is 0.482. The van der Waals surface area contributed by atoms with Gasteiger partial charge in [-0.1, -0.05) is 0 Å². The van der Waals surface area contributed by atoms with E-state index >= 15 is 0 Å². The van der Waals surface area contributed by atoms with Crippen LogP contribution in [0.15, 0.2) is 11.1 Å². The second-order valence-electron chi connectivity index (χ2n) is 1.66. The van der Waals surface area contributed by atoms with E-state index in [0.717, 1.165) is 0 Å². The van der Waals surface area contributed by atoms with Crippen LogP contribution in [0.2, 0.25) is 0 Å². The number of amides is 1. The zero-order valence-corrected chi connectivity index (χ0v) is 6.25. The number of carbonyl (C=O) groups excluding carboxylic acids is 1. The molecule has 0 heterocycles. The van der Waals surface area contributed by atoms with Gasteiger partial charge in [0.15, 0.2) is 5.57 Å².